The van der Waals surface area contributed by atoms with E-state index in [1.807, 2.05) is 24.3 Å². The third kappa shape index (κ3) is 4.00. The van der Waals surface area contributed by atoms with Crippen LogP contribution in [0.3, 0.4) is 0 Å². The Hall–Kier alpha value is -2.56. The summed E-state index contributed by atoms with van der Waals surface area (Å²) < 4.78 is 5.88. The minimum atomic E-state index is -0.101. The molecule has 1 aliphatic rings. The number of fused-ring (bicyclic) bond motifs is 2. The van der Waals surface area contributed by atoms with E-state index in [2.05, 4.69) is 15.6 Å². The monoisotopic (exact) mass is 311 g/mol. The predicted octanol–water partition coefficient (Wildman–Crippen LogP) is 3.51. The number of nitrogens with one attached hydrogen (secondary N) is 2. The van der Waals surface area contributed by atoms with E-state index in [-0.39, 0.29) is 5.91 Å². The van der Waals surface area contributed by atoms with Gasteiger partial charge in [-0.2, -0.15) is 0 Å². The standard InChI is InChI=1S/C18H21N3O2/c22-18-14-8-7-12-19-17(14)21-15-9-3-4-10-16(15)23-13-6-2-1-5-11-20-18/h3-4,7-10,12H,1-2,5-6,11,13H2,(H,19,21)(H,20,22). The van der Waals surface area contributed by atoms with E-state index in [0.717, 1.165) is 37.1 Å². The molecule has 0 atom stereocenters. The largest absolute Gasteiger partial charge is 0.491 e. The summed E-state index contributed by atoms with van der Waals surface area (Å²) in [7, 11) is 0. The van der Waals surface area contributed by atoms with Crippen LogP contribution in [0.15, 0.2) is 42.6 Å². The lowest BCUT2D eigenvalue weighted by Gasteiger charge is -2.15. The van der Waals surface area contributed by atoms with Gasteiger partial charge in [0.15, 0.2) is 0 Å². The van der Waals surface area contributed by atoms with Gasteiger partial charge in [0.2, 0.25) is 0 Å². The second-order valence-corrected chi connectivity index (χ2v) is 5.54. The maximum Gasteiger partial charge on any atom is 0.255 e. The van der Waals surface area contributed by atoms with Crippen LogP contribution >= 0.6 is 0 Å². The zero-order valence-corrected chi connectivity index (χ0v) is 13.0. The van der Waals surface area contributed by atoms with E-state index >= 15 is 0 Å². The molecule has 0 spiro atoms. The quantitative estimate of drug-likeness (QED) is 0.781. The first kappa shape index (κ1) is 15.3. The normalized spacial score (nSPS) is 15.9. The van der Waals surface area contributed by atoms with E-state index in [9.17, 15) is 4.79 Å². The van der Waals surface area contributed by atoms with Gasteiger partial charge in [-0.05, 0) is 37.1 Å². The van der Waals surface area contributed by atoms with Crippen LogP contribution in [-0.2, 0) is 0 Å². The van der Waals surface area contributed by atoms with Gasteiger partial charge in [-0.1, -0.05) is 25.0 Å². The fraction of sp³-hybridized carbons (Fsp3) is 0.333. The second-order valence-electron chi connectivity index (χ2n) is 5.54. The molecule has 0 unspecified atom stereocenters. The lowest BCUT2D eigenvalue weighted by atomic mass is 10.2. The molecule has 1 aromatic carbocycles. The highest BCUT2D eigenvalue weighted by Crippen LogP contribution is 2.28. The maximum absolute atomic E-state index is 12.4. The Bertz CT molecular complexity index is 673. The van der Waals surface area contributed by atoms with Gasteiger partial charge in [0.1, 0.15) is 11.6 Å². The van der Waals surface area contributed by atoms with Crippen LogP contribution in [0.4, 0.5) is 11.5 Å². The molecule has 5 heteroatoms. The van der Waals surface area contributed by atoms with Crippen molar-refractivity contribution >= 4 is 17.4 Å². The Labute approximate surface area is 136 Å². The van der Waals surface area contributed by atoms with Crippen molar-refractivity contribution in [3.63, 3.8) is 0 Å². The number of hydrogen-bond donors (Lipinski definition) is 2. The van der Waals surface area contributed by atoms with Gasteiger partial charge in [0, 0.05) is 12.7 Å². The van der Waals surface area contributed by atoms with Crippen molar-refractivity contribution < 1.29 is 9.53 Å². The van der Waals surface area contributed by atoms with Gasteiger partial charge in [-0.25, -0.2) is 4.98 Å². The number of pyridine rings is 1. The second kappa shape index (κ2) is 7.63. The summed E-state index contributed by atoms with van der Waals surface area (Å²) in [6.45, 7) is 1.38. The molecule has 3 rings (SSSR count). The molecule has 0 saturated carbocycles. The van der Waals surface area contributed by atoms with Gasteiger partial charge < -0.3 is 15.4 Å². The average Bonchev–Trinajstić information content (AvgIpc) is 2.58. The highest BCUT2D eigenvalue weighted by atomic mass is 16.5. The Morgan fingerprint density at radius 1 is 1.00 bits per heavy atom. The molecule has 0 radical (unpaired) electrons. The van der Waals surface area contributed by atoms with E-state index < -0.39 is 0 Å². The summed E-state index contributed by atoms with van der Waals surface area (Å²) >= 11 is 0. The van der Waals surface area contributed by atoms with Crippen molar-refractivity contribution in [2.24, 2.45) is 0 Å². The first-order valence-electron chi connectivity index (χ1n) is 8.06. The molecular formula is C18H21N3O2. The smallest absolute Gasteiger partial charge is 0.255 e. The molecule has 1 aromatic heterocycles. The molecule has 1 amide bonds. The Morgan fingerprint density at radius 3 is 2.83 bits per heavy atom. The molecule has 1 aliphatic heterocycles. The third-order valence-electron chi connectivity index (χ3n) is 3.81. The lowest BCUT2D eigenvalue weighted by molar-refractivity contribution is 0.0953. The Kier molecular flexibility index (Phi) is 5.09. The molecule has 0 fully saturated rings. The Balaban J connectivity index is 1.92. The highest BCUT2D eigenvalue weighted by molar-refractivity contribution is 5.99. The number of aromatic nitrogens is 1. The molecule has 0 bridgehead atoms. The molecular weight excluding hydrogens is 290 g/mol. The maximum atomic E-state index is 12.4. The van der Waals surface area contributed by atoms with Crippen LogP contribution in [0.1, 0.15) is 36.0 Å². The average molecular weight is 311 g/mol. The molecule has 0 saturated heterocycles. The number of rotatable bonds is 0. The topological polar surface area (TPSA) is 63.2 Å². The molecule has 120 valence electrons. The van der Waals surface area contributed by atoms with Gasteiger partial charge in [-0.3, -0.25) is 4.79 Å². The Morgan fingerprint density at radius 2 is 1.87 bits per heavy atom. The number of anilines is 2. The zero-order chi connectivity index (χ0) is 15.9. The van der Waals surface area contributed by atoms with E-state index in [4.69, 9.17) is 4.74 Å². The molecule has 2 N–H and O–H groups in total. The number of para-hydroxylation sites is 2. The van der Waals surface area contributed by atoms with Crippen LogP contribution in [0.2, 0.25) is 0 Å². The number of carbonyl (C=O) groups is 1. The van der Waals surface area contributed by atoms with Crippen LogP contribution in [0.5, 0.6) is 5.75 Å². The van der Waals surface area contributed by atoms with Crippen molar-refractivity contribution in [2.75, 3.05) is 18.5 Å². The van der Waals surface area contributed by atoms with Crippen molar-refractivity contribution in [3.8, 4) is 5.75 Å². The summed E-state index contributed by atoms with van der Waals surface area (Å²) in [5.74, 6) is 1.22. The minimum absolute atomic E-state index is 0.101. The zero-order valence-electron chi connectivity index (χ0n) is 13.0. The molecule has 23 heavy (non-hydrogen) atoms. The number of carbonyl (C=O) groups excluding carboxylic acids is 1. The van der Waals surface area contributed by atoms with Crippen LogP contribution in [0, 0.1) is 0 Å². The summed E-state index contributed by atoms with van der Waals surface area (Å²) in [5, 5.41) is 6.19. The summed E-state index contributed by atoms with van der Waals surface area (Å²) in [5.41, 5.74) is 1.36. The number of benzene rings is 1. The fourth-order valence-electron chi connectivity index (χ4n) is 2.57. The lowest BCUT2D eigenvalue weighted by Crippen LogP contribution is -2.25. The SMILES string of the molecule is O=C1NCCCCCCOc2ccccc2Nc2ncccc21. The van der Waals surface area contributed by atoms with E-state index in [1.54, 1.807) is 18.3 Å². The van der Waals surface area contributed by atoms with Crippen molar-refractivity contribution in [1.82, 2.24) is 10.3 Å². The van der Waals surface area contributed by atoms with Gasteiger partial charge >= 0.3 is 0 Å². The number of nitrogens with zero attached hydrogens (tertiary/aromatic N) is 1. The summed E-state index contributed by atoms with van der Waals surface area (Å²) in [4.78, 5) is 16.7. The van der Waals surface area contributed by atoms with Crippen LogP contribution in [0.25, 0.3) is 0 Å². The minimum Gasteiger partial charge on any atom is -0.491 e. The van der Waals surface area contributed by atoms with Crippen molar-refractivity contribution in [2.45, 2.75) is 25.7 Å². The molecule has 0 aliphatic carbocycles. The van der Waals surface area contributed by atoms with Crippen LogP contribution in [-0.4, -0.2) is 24.0 Å². The number of ether oxygens (including phenoxy) is 1. The first-order chi connectivity index (χ1) is 11.3. The highest BCUT2D eigenvalue weighted by Gasteiger charge is 2.14. The molecule has 2 aromatic rings. The van der Waals surface area contributed by atoms with Gasteiger partial charge in [0.25, 0.3) is 5.91 Å². The summed E-state index contributed by atoms with van der Waals surface area (Å²) in [6.07, 6.45) is 5.85. The van der Waals surface area contributed by atoms with Gasteiger partial charge in [0.05, 0.1) is 17.9 Å². The van der Waals surface area contributed by atoms with E-state index in [1.165, 1.54) is 0 Å². The van der Waals surface area contributed by atoms with E-state index in [0.29, 0.717) is 24.5 Å². The number of hydrogen-bond acceptors (Lipinski definition) is 4. The fourth-order valence-corrected chi connectivity index (χ4v) is 2.57. The number of amides is 1. The summed E-state index contributed by atoms with van der Waals surface area (Å²) in [6, 6.07) is 11.3. The van der Waals surface area contributed by atoms with Crippen molar-refractivity contribution in [1.29, 1.82) is 0 Å². The third-order valence-corrected chi connectivity index (χ3v) is 3.81. The molecule has 5 nitrogen and oxygen atoms in total. The van der Waals surface area contributed by atoms with Crippen LogP contribution < -0.4 is 15.4 Å². The van der Waals surface area contributed by atoms with Crippen molar-refractivity contribution in [3.05, 3.63) is 48.2 Å². The molecule has 2 heterocycles. The van der Waals surface area contributed by atoms with Gasteiger partial charge in [-0.15, -0.1) is 0 Å². The predicted molar refractivity (Wildman–Crippen MR) is 90.3 cm³/mol. The first-order valence-corrected chi connectivity index (χ1v) is 8.06.